The van der Waals surface area contributed by atoms with E-state index in [0.29, 0.717) is 12.3 Å². The summed E-state index contributed by atoms with van der Waals surface area (Å²) in [7, 11) is 0. The molecule has 1 unspecified atom stereocenters. The molecule has 0 aliphatic carbocycles. The fourth-order valence-electron chi connectivity index (χ4n) is 1.93. The SMILES string of the molecule is CC(CC(=O)c1cnc2ccccc2c1)C(C)(C)C. The molecule has 0 aliphatic rings. The van der Waals surface area contributed by atoms with Gasteiger partial charge in [0.2, 0.25) is 0 Å². The second-order valence-corrected chi connectivity index (χ2v) is 6.31. The number of para-hydroxylation sites is 1. The number of pyridine rings is 1. The van der Waals surface area contributed by atoms with Gasteiger partial charge in [0, 0.05) is 23.6 Å². The number of Topliss-reactive ketones (excluding diaryl/α,β-unsaturated/α-hetero) is 1. The summed E-state index contributed by atoms with van der Waals surface area (Å²) < 4.78 is 0. The van der Waals surface area contributed by atoms with E-state index in [1.165, 1.54) is 0 Å². The third-order valence-corrected chi connectivity index (χ3v) is 3.88. The number of fused-ring (bicyclic) bond motifs is 1. The van der Waals surface area contributed by atoms with Gasteiger partial charge >= 0.3 is 0 Å². The van der Waals surface area contributed by atoms with Crippen LogP contribution in [0.5, 0.6) is 0 Å². The highest BCUT2D eigenvalue weighted by Gasteiger charge is 2.23. The molecular formula is C17H21NO. The molecule has 0 bridgehead atoms. The van der Waals surface area contributed by atoms with Crippen LogP contribution < -0.4 is 0 Å². The maximum atomic E-state index is 12.3. The Morgan fingerprint density at radius 3 is 2.63 bits per heavy atom. The van der Waals surface area contributed by atoms with Gasteiger partial charge < -0.3 is 0 Å². The molecule has 0 saturated carbocycles. The van der Waals surface area contributed by atoms with Crippen molar-refractivity contribution >= 4 is 16.7 Å². The standard InChI is InChI=1S/C17H21NO/c1-12(17(2,3)4)9-16(19)14-10-13-7-5-6-8-15(13)18-11-14/h5-8,10-12H,9H2,1-4H3. The minimum absolute atomic E-state index is 0.153. The minimum atomic E-state index is 0.153. The number of rotatable bonds is 3. The number of benzene rings is 1. The highest BCUT2D eigenvalue weighted by molar-refractivity contribution is 5.98. The average Bonchev–Trinajstić information content (AvgIpc) is 2.37. The fourth-order valence-corrected chi connectivity index (χ4v) is 1.93. The molecule has 2 rings (SSSR count). The third kappa shape index (κ3) is 3.19. The molecule has 0 saturated heterocycles. The quantitative estimate of drug-likeness (QED) is 0.756. The summed E-state index contributed by atoms with van der Waals surface area (Å²) in [6.07, 6.45) is 2.27. The topological polar surface area (TPSA) is 30.0 Å². The first-order valence-electron chi connectivity index (χ1n) is 6.76. The van der Waals surface area contributed by atoms with Crippen LogP contribution in [-0.4, -0.2) is 10.8 Å². The molecule has 0 fully saturated rings. The second-order valence-electron chi connectivity index (χ2n) is 6.31. The fraction of sp³-hybridized carbons (Fsp3) is 0.412. The van der Waals surface area contributed by atoms with Gasteiger partial charge in [-0.1, -0.05) is 45.9 Å². The molecule has 2 aromatic rings. The lowest BCUT2D eigenvalue weighted by atomic mass is 9.78. The van der Waals surface area contributed by atoms with E-state index >= 15 is 0 Å². The lowest BCUT2D eigenvalue weighted by Gasteiger charge is -2.26. The van der Waals surface area contributed by atoms with Gasteiger partial charge in [-0.05, 0) is 23.5 Å². The van der Waals surface area contributed by atoms with E-state index in [0.717, 1.165) is 16.5 Å². The van der Waals surface area contributed by atoms with Gasteiger partial charge in [-0.3, -0.25) is 9.78 Å². The molecule has 100 valence electrons. The number of carbonyl (C=O) groups is 1. The summed E-state index contributed by atoms with van der Waals surface area (Å²) in [6.45, 7) is 8.64. The lowest BCUT2D eigenvalue weighted by molar-refractivity contribution is 0.0927. The van der Waals surface area contributed by atoms with Crippen LogP contribution in [0.15, 0.2) is 36.5 Å². The van der Waals surface area contributed by atoms with Crippen molar-refractivity contribution < 1.29 is 4.79 Å². The predicted molar refractivity (Wildman–Crippen MR) is 79.3 cm³/mol. The van der Waals surface area contributed by atoms with E-state index in [4.69, 9.17) is 0 Å². The first-order chi connectivity index (χ1) is 8.88. The van der Waals surface area contributed by atoms with Gasteiger partial charge in [0.05, 0.1) is 5.52 Å². The number of aromatic nitrogens is 1. The number of carbonyl (C=O) groups excluding carboxylic acids is 1. The van der Waals surface area contributed by atoms with E-state index in [9.17, 15) is 4.79 Å². The summed E-state index contributed by atoms with van der Waals surface area (Å²) in [5.74, 6) is 0.534. The van der Waals surface area contributed by atoms with E-state index in [1.54, 1.807) is 6.20 Å². The van der Waals surface area contributed by atoms with Crippen LogP contribution in [0.25, 0.3) is 10.9 Å². The van der Waals surface area contributed by atoms with Crippen molar-refractivity contribution in [3.8, 4) is 0 Å². The Labute approximate surface area is 114 Å². The molecule has 0 radical (unpaired) electrons. The molecule has 1 aromatic heterocycles. The molecule has 1 heterocycles. The number of ketones is 1. The van der Waals surface area contributed by atoms with Crippen LogP contribution in [0.1, 0.15) is 44.5 Å². The van der Waals surface area contributed by atoms with Crippen molar-refractivity contribution in [1.82, 2.24) is 4.98 Å². The maximum Gasteiger partial charge on any atom is 0.164 e. The van der Waals surface area contributed by atoms with Crippen LogP contribution in [0.3, 0.4) is 0 Å². The Hall–Kier alpha value is -1.70. The van der Waals surface area contributed by atoms with E-state index < -0.39 is 0 Å². The van der Waals surface area contributed by atoms with Crippen molar-refractivity contribution in [2.75, 3.05) is 0 Å². The predicted octanol–water partition coefficient (Wildman–Crippen LogP) is 4.49. The van der Waals surface area contributed by atoms with Crippen LogP contribution in [0.2, 0.25) is 0 Å². The van der Waals surface area contributed by atoms with Gasteiger partial charge in [0.25, 0.3) is 0 Å². The highest BCUT2D eigenvalue weighted by Crippen LogP contribution is 2.29. The summed E-state index contributed by atoms with van der Waals surface area (Å²) in [6, 6.07) is 9.82. The normalized spacial score (nSPS) is 13.5. The molecule has 0 spiro atoms. The Morgan fingerprint density at radius 1 is 1.26 bits per heavy atom. The molecule has 2 heteroatoms. The van der Waals surface area contributed by atoms with Gasteiger partial charge in [-0.2, -0.15) is 0 Å². The molecule has 1 atom stereocenters. The van der Waals surface area contributed by atoms with Gasteiger partial charge in [0.1, 0.15) is 0 Å². The van der Waals surface area contributed by atoms with Crippen LogP contribution >= 0.6 is 0 Å². The van der Waals surface area contributed by atoms with E-state index in [2.05, 4.69) is 32.7 Å². The van der Waals surface area contributed by atoms with Crippen molar-refractivity contribution in [1.29, 1.82) is 0 Å². The summed E-state index contributed by atoms with van der Waals surface area (Å²) in [4.78, 5) is 16.7. The largest absolute Gasteiger partial charge is 0.294 e. The van der Waals surface area contributed by atoms with Crippen molar-refractivity contribution in [2.45, 2.75) is 34.1 Å². The van der Waals surface area contributed by atoms with Crippen molar-refractivity contribution in [3.63, 3.8) is 0 Å². The molecule has 2 nitrogen and oxygen atoms in total. The Bertz CT molecular complexity index is 595. The minimum Gasteiger partial charge on any atom is -0.294 e. The van der Waals surface area contributed by atoms with Gasteiger partial charge in [-0.25, -0.2) is 0 Å². The number of nitrogens with zero attached hydrogens (tertiary/aromatic N) is 1. The van der Waals surface area contributed by atoms with E-state index in [-0.39, 0.29) is 11.2 Å². The summed E-state index contributed by atoms with van der Waals surface area (Å²) in [5, 5.41) is 1.02. The second kappa shape index (κ2) is 5.12. The molecule has 19 heavy (non-hydrogen) atoms. The number of hydrogen-bond donors (Lipinski definition) is 0. The molecule has 0 aliphatic heterocycles. The number of hydrogen-bond acceptors (Lipinski definition) is 2. The molecular weight excluding hydrogens is 234 g/mol. The van der Waals surface area contributed by atoms with Crippen molar-refractivity contribution in [2.24, 2.45) is 11.3 Å². The van der Waals surface area contributed by atoms with E-state index in [1.807, 2.05) is 30.3 Å². The lowest BCUT2D eigenvalue weighted by Crippen LogP contribution is -2.20. The van der Waals surface area contributed by atoms with Crippen LogP contribution in [0.4, 0.5) is 0 Å². The third-order valence-electron chi connectivity index (χ3n) is 3.88. The Balaban J connectivity index is 2.22. The van der Waals surface area contributed by atoms with Gasteiger partial charge in [-0.15, -0.1) is 0 Å². The molecule has 0 N–H and O–H groups in total. The molecule has 1 aromatic carbocycles. The first-order valence-corrected chi connectivity index (χ1v) is 6.76. The zero-order valence-corrected chi connectivity index (χ0v) is 12.1. The highest BCUT2D eigenvalue weighted by atomic mass is 16.1. The van der Waals surface area contributed by atoms with Gasteiger partial charge in [0.15, 0.2) is 5.78 Å². The zero-order chi connectivity index (χ0) is 14.0. The molecule has 0 amide bonds. The first kappa shape index (κ1) is 13.7. The summed E-state index contributed by atoms with van der Waals surface area (Å²) >= 11 is 0. The Kier molecular flexibility index (Phi) is 3.70. The van der Waals surface area contributed by atoms with Crippen LogP contribution in [0, 0.1) is 11.3 Å². The average molecular weight is 255 g/mol. The zero-order valence-electron chi connectivity index (χ0n) is 12.1. The maximum absolute atomic E-state index is 12.3. The smallest absolute Gasteiger partial charge is 0.164 e. The summed E-state index contributed by atoms with van der Waals surface area (Å²) in [5.41, 5.74) is 1.80. The monoisotopic (exact) mass is 255 g/mol. The van der Waals surface area contributed by atoms with Crippen molar-refractivity contribution in [3.05, 3.63) is 42.1 Å². The van der Waals surface area contributed by atoms with Crippen LogP contribution in [-0.2, 0) is 0 Å². The Morgan fingerprint density at radius 2 is 1.95 bits per heavy atom.